The van der Waals surface area contributed by atoms with Crippen LogP contribution in [0.1, 0.15) is 0 Å². The summed E-state index contributed by atoms with van der Waals surface area (Å²) in [6, 6.07) is 15.0. The van der Waals surface area contributed by atoms with Gasteiger partial charge in [0.1, 0.15) is 11.5 Å². The molecule has 0 fully saturated rings. The smallest absolute Gasteiger partial charge is 0.262 e. The summed E-state index contributed by atoms with van der Waals surface area (Å²) in [4.78, 5) is 12.1. The summed E-state index contributed by atoms with van der Waals surface area (Å²) in [5.41, 5.74) is 0.571. The maximum Gasteiger partial charge on any atom is 0.262 e. The molecule has 1 amide bonds. The van der Waals surface area contributed by atoms with Crippen LogP contribution in [-0.2, 0) is 14.8 Å². The monoisotopic (exact) mass is 514 g/mol. The van der Waals surface area contributed by atoms with Crippen molar-refractivity contribution in [2.24, 2.45) is 0 Å². The number of hydrogen-bond donors (Lipinski definition) is 2. The Labute approximate surface area is 200 Å². The Hall–Kier alpha value is -2.65. The van der Waals surface area contributed by atoms with Crippen LogP contribution in [0.4, 0.5) is 11.4 Å². The first-order valence-electron chi connectivity index (χ1n) is 9.02. The molecule has 0 spiro atoms. The van der Waals surface area contributed by atoms with Gasteiger partial charge < -0.3 is 14.8 Å². The number of anilines is 2. The summed E-state index contributed by atoms with van der Waals surface area (Å²) in [7, 11) is -2.40. The van der Waals surface area contributed by atoms with E-state index in [0.29, 0.717) is 21.5 Å². The quantitative estimate of drug-likeness (QED) is 0.415. The molecule has 0 saturated carbocycles. The second-order valence-corrected chi connectivity index (χ2v) is 9.26. The maximum atomic E-state index is 12.6. The molecular formula is C21H17Cl3N2O5S. The number of methoxy groups -OCH3 is 1. The largest absolute Gasteiger partial charge is 0.495 e. The van der Waals surface area contributed by atoms with Gasteiger partial charge in [0.25, 0.3) is 15.9 Å². The molecule has 7 nitrogen and oxygen atoms in total. The third-order valence-corrected chi connectivity index (χ3v) is 6.46. The lowest BCUT2D eigenvalue weighted by molar-refractivity contribution is -0.118. The van der Waals surface area contributed by atoms with E-state index in [4.69, 9.17) is 44.3 Å². The normalized spacial score (nSPS) is 11.0. The fraction of sp³-hybridized carbons (Fsp3) is 0.0952. The number of rotatable bonds is 8. The summed E-state index contributed by atoms with van der Waals surface area (Å²) in [6.07, 6.45) is 0. The zero-order valence-electron chi connectivity index (χ0n) is 16.6. The highest BCUT2D eigenvalue weighted by atomic mass is 35.5. The van der Waals surface area contributed by atoms with Crippen LogP contribution in [0.3, 0.4) is 0 Å². The van der Waals surface area contributed by atoms with Crippen LogP contribution in [0.5, 0.6) is 11.5 Å². The molecule has 32 heavy (non-hydrogen) atoms. The van der Waals surface area contributed by atoms with E-state index in [0.717, 1.165) is 0 Å². The van der Waals surface area contributed by atoms with E-state index < -0.39 is 15.9 Å². The molecular weight excluding hydrogens is 499 g/mol. The Morgan fingerprint density at radius 3 is 2.19 bits per heavy atom. The van der Waals surface area contributed by atoms with E-state index in [9.17, 15) is 13.2 Å². The molecule has 0 bridgehead atoms. The molecule has 3 aromatic rings. The van der Waals surface area contributed by atoms with Crippen molar-refractivity contribution in [2.45, 2.75) is 4.90 Å². The van der Waals surface area contributed by atoms with Crippen LogP contribution in [0.15, 0.2) is 65.6 Å². The number of benzene rings is 3. The molecule has 11 heteroatoms. The highest BCUT2D eigenvalue weighted by Crippen LogP contribution is 2.30. The Kier molecular flexibility index (Phi) is 7.73. The Bertz CT molecular complexity index is 1210. The van der Waals surface area contributed by atoms with Crippen LogP contribution < -0.4 is 19.5 Å². The zero-order chi connectivity index (χ0) is 23.3. The van der Waals surface area contributed by atoms with E-state index in [1.807, 2.05) is 0 Å². The molecule has 3 aromatic carbocycles. The SMILES string of the molecule is COc1ccc(NS(=O)(=O)c2ccc(OCC(=O)Nc3c(Cl)cccc3Cl)cc2)cc1Cl. The minimum atomic E-state index is -3.86. The highest BCUT2D eigenvalue weighted by Gasteiger charge is 2.16. The zero-order valence-corrected chi connectivity index (χ0v) is 19.6. The van der Waals surface area contributed by atoms with E-state index in [-0.39, 0.29) is 27.9 Å². The number of halogens is 3. The first kappa shape index (κ1) is 24.0. The van der Waals surface area contributed by atoms with Gasteiger partial charge in [0.05, 0.1) is 38.4 Å². The van der Waals surface area contributed by atoms with Crippen LogP contribution >= 0.6 is 34.8 Å². The van der Waals surface area contributed by atoms with Gasteiger partial charge in [-0.25, -0.2) is 8.42 Å². The van der Waals surface area contributed by atoms with Gasteiger partial charge in [-0.1, -0.05) is 40.9 Å². The third-order valence-electron chi connectivity index (χ3n) is 4.14. The molecule has 0 atom stereocenters. The Morgan fingerprint density at radius 2 is 1.59 bits per heavy atom. The lowest BCUT2D eigenvalue weighted by Gasteiger charge is -2.12. The average molecular weight is 516 g/mol. The highest BCUT2D eigenvalue weighted by molar-refractivity contribution is 7.92. The molecule has 0 saturated heterocycles. The van der Waals surface area contributed by atoms with Crippen molar-refractivity contribution in [3.63, 3.8) is 0 Å². The number of para-hydroxylation sites is 1. The van der Waals surface area contributed by atoms with Crippen molar-refractivity contribution in [2.75, 3.05) is 23.8 Å². The number of hydrogen-bond acceptors (Lipinski definition) is 5. The molecule has 168 valence electrons. The van der Waals surface area contributed by atoms with Gasteiger partial charge in [-0.2, -0.15) is 0 Å². The summed E-state index contributed by atoms with van der Waals surface area (Å²) in [5.74, 6) is 0.253. The molecule has 0 aliphatic rings. The molecule has 2 N–H and O–H groups in total. The second kappa shape index (κ2) is 10.3. The summed E-state index contributed by atoms with van der Waals surface area (Å²) < 4.78 is 38.1. The van der Waals surface area contributed by atoms with Crippen LogP contribution in [0.2, 0.25) is 15.1 Å². The number of amides is 1. The second-order valence-electron chi connectivity index (χ2n) is 6.36. The predicted octanol–water partition coefficient (Wildman–Crippen LogP) is 5.47. The van der Waals surface area contributed by atoms with Gasteiger partial charge in [-0.15, -0.1) is 0 Å². The third kappa shape index (κ3) is 5.98. The fourth-order valence-corrected chi connectivity index (χ4v) is 4.40. The van der Waals surface area contributed by atoms with Crippen molar-refractivity contribution in [1.82, 2.24) is 0 Å². The molecule has 0 aromatic heterocycles. The minimum Gasteiger partial charge on any atom is -0.495 e. The Balaban J connectivity index is 1.61. The van der Waals surface area contributed by atoms with E-state index in [2.05, 4.69) is 10.0 Å². The average Bonchev–Trinajstić information content (AvgIpc) is 2.75. The van der Waals surface area contributed by atoms with E-state index in [1.54, 1.807) is 24.3 Å². The first-order valence-corrected chi connectivity index (χ1v) is 11.6. The number of carbonyl (C=O) groups is 1. The van der Waals surface area contributed by atoms with E-state index in [1.165, 1.54) is 43.5 Å². The summed E-state index contributed by atoms with van der Waals surface area (Å²) in [5, 5.41) is 3.44. The molecule has 3 rings (SSSR count). The summed E-state index contributed by atoms with van der Waals surface area (Å²) >= 11 is 18.1. The topological polar surface area (TPSA) is 93.7 Å². The van der Waals surface area contributed by atoms with Gasteiger partial charge in [-0.05, 0) is 54.6 Å². The molecule has 0 heterocycles. The summed E-state index contributed by atoms with van der Waals surface area (Å²) in [6.45, 7) is -0.323. The first-order chi connectivity index (χ1) is 15.2. The van der Waals surface area contributed by atoms with E-state index >= 15 is 0 Å². The predicted molar refractivity (Wildman–Crippen MR) is 126 cm³/mol. The lowest BCUT2D eigenvalue weighted by Crippen LogP contribution is -2.20. The molecule has 0 radical (unpaired) electrons. The molecule has 0 aliphatic carbocycles. The van der Waals surface area contributed by atoms with Crippen molar-refractivity contribution in [3.05, 3.63) is 75.7 Å². The van der Waals surface area contributed by atoms with Crippen LogP contribution in [0, 0.1) is 0 Å². The molecule has 0 aliphatic heterocycles. The van der Waals surface area contributed by atoms with Gasteiger partial charge in [0.2, 0.25) is 0 Å². The number of nitrogens with one attached hydrogen (secondary N) is 2. The lowest BCUT2D eigenvalue weighted by atomic mass is 10.3. The molecule has 0 unspecified atom stereocenters. The fourth-order valence-electron chi connectivity index (χ4n) is 2.60. The number of carbonyl (C=O) groups excluding carboxylic acids is 1. The van der Waals surface area contributed by atoms with Crippen molar-refractivity contribution >= 4 is 62.1 Å². The van der Waals surface area contributed by atoms with Gasteiger partial charge in [0.15, 0.2) is 6.61 Å². The van der Waals surface area contributed by atoms with Crippen LogP contribution in [-0.4, -0.2) is 28.0 Å². The Morgan fingerprint density at radius 1 is 0.938 bits per heavy atom. The standard InChI is InChI=1S/C21H17Cl3N2O5S/c1-30-19-10-5-13(11-18(19)24)26-32(28,29)15-8-6-14(7-9-15)31-12-20(27)25-21-16(22)3-2-4-17(21)23/h2-11,26H,12H2,1H3,(H,25,27). The van der Waals surface area contributed by atoms with Gasteiger partial charge in [-0.3, -0.25) is 9.52 Å². The van der Waals surface area contributed by atoms with Gasteiger partial charge >= 0.3 is 0 Å². The van der Waals surface area contributed by atoms with Gasteiger partial charge in [0, 0.05) is 0 Å². The van der Waals surface area contributed by atoms with Crippen molar-refractivity contribution in [1.29, 1.82) is 0 Å². The van der Waals surface area contributed by atoms with Crippen LogP contribution in [0.25, 0.3) is 0 Å². The maximum absolute atomic E-state index is 12.6. The minimum absolute atomic E-state index is 0.00379. The van der Waals surface area contributed by atoms with Crippen molar-refractivity contribution < 1.29 is 22.7 Å². The number of sulfonamides is 1. The van der Waals surface area contributed by atoms with Crippen molar-refractivity contribution in [3.8, 4) is 11.5 Å². The number of ether oxygens (including phenoxy) is 2.